The van der Waals surface area contributed by atoms with Gasteiger partial charge in [0.2, 0.25) is 5.91 Å². The molecule has 0 saturated carbocycles. The average molecular weight is 321 g/mol. The van der Waals surface area contributed by atoms with E-state index >= 15 is 0 Å². The summed E-state index contributed by atoms with van der Waals surface area (Å²) in [5.41, 5.74) is 1.71. The van der Waals surface area contributed by atoms with Crippen LogP contribution in [0, 0.1) is 0 Å². The molecule has 24 heavy (non-hydrogen) atoms. The van der Waals surface area contributed by atoms with E-state index in [1.165, 1.54) is 6.92 Å². The van der Waals surface area contributed by atoms with Crippen molar-refractivity contribution in [1.29, 1.82) is 0 Å². The SMILES string of the molecule is CC(=O)Nc1ccc(C(=O)Nc2ccc(-n3cccn3)nc2)cc1. The van der Waals surface area contributed by atoms with Crippen molar-refractivity contribution in [1.82, 2.24) is 14.8 Å². The van der Waals surface area contributed by atoms with Crippen LogP contribution in [-0.4, -0.2) is 26.6 Å². The van der Waals surface area contributed by atoms with Crippen LogP contribution in [0.1, 0.15) is 17.3 Å². The van der Waals surface area contributed by atoms with E-state index in [-0.39, 0.29) is 11.8 Å². The molecule has 0 unspecified atom stereocenters. The lowest BCUT2D eigenvalue weighted by Crippen LogP contribution is -2.12. The van der Waals surface area contributed by atoms with Gasteiger partial charge in [-0.3, -0.25) is 9.59 Å². The number of rotatable bonds is 4. The fourth-order valence-electron chi connectivity index (χ4n) is 2.11. The van der Waals surface area contributed by atoms with Gasteiger partial charge in [-0.2, -0.15) is 5.10 Å². The largest absolute Gasteiger partial charge is 0.326 e. The summed E-state index contributed by atoms with van der Waals surface area (Å²) in [5, 5.41) is 9.51. The van der Waals surface area contributed by atoms with Crippen LogP contribution >= 0.6 is 0 Å². The molecule has 0 aliphatic heterocycles. The Labute approximate surface area is 138 Å². The van der Waals surface area contributed by atoms with Crippen molar-refractivity contribution < 1.29 is 9.59 Å². The number of benzene rings is 1. The Balaban J connectivity index is 1.67. The monoisotopic (exact) mass is 321 g/mol. The summed E-state index contributed by atoms with van der Waals surface area (Å²) in [6.07, 6.45) is 5.03. The van der Waals surface area contributed by atoms with Crippen LogP contribution in [0.5, 0.6) is 0 Å². The van der Waals surface area contributed by atoms with Crippen molar-refractivity contribution in [3.05, 3.63) is 66.6 Å². The molecule has 2 aromatic heterocycles. The van der Waals surface area contributed by atoms with Crippen LogP contribution in [-0.2, 0) is 4.79 Å². The number of aromatic nitrogens is 3. The highest BCUT2D eigenvalue weighted by Gasteiger charge is 2.07. The molecule has 1 aromatic carbocycles. The summed E-state index contributed by atoms with van der Waals surface area (Å²) in [6.45, 7) is 1.43. The van der Waals surface area contributed by atoms with Gasteiger partial charge in [0.05, 0.1) is 11.9 Å². The number of pyridine rings is 1. The molecule has 0 aliphatic carbocycles. The van der Waals surface area contributed by atoms with Crippen LogP contribution in [0.15, 0.2) is 61.1 Å². The zero-order chi connectivity index (χ0) is 16.9. The molecule has 3 aromatic rings. The summed E-state index contributed by atoms with van der Waals surface area (Å²) in [5.74, 6) is 0.256. The van der Waals surface area contributed by atoms with Crippen molar-refractivity contribution in [3.8, 4) is 5.82 Å². The molecule has 2 N–H and O–H groups in total. The molecule has 2 amide bonds. The van der Waals surface area contributed by atoms with Gasteiger partial charge in [0, 0.05) is 30.6 Å². The molecule has 120 valence electrons. The van der Waals surface area contributed by atoms with Gasteiger partial charge in [0.25, 0.3) is 5.91 Å². The maximum Gasteiger partial charge on any atom is 0.255 e. The molecule has 0 bridgehead atoms. The van der Waals surface area contributed by atoms with E-state index in [2.05, 4.69) is 20.7 Å². The van der Waals surface area contributed by atoms with Gasteiger partial charge in [0.1, 0.15) is 0 Å². The summed E-state index contributed by atoms with van der Waals surface area (Å²) in [7, 11) is 0. The number of nitrogens with zero attached hydrogens (tertiary/aromatic N) is 3. The second kappa shape index (κ2) is 6.74. The van der Waals surface area contributed by atoms with E-state index < -0.39 is 0 Å². The first-order chi connectivity index (χ1) is 11.6. The number of anilines is 2. The van der Waals surface area contributed by atoms with E-state index in [9.17, 15) is 9.59 Å². The Hall–Kier alpha value is -3.48. The topological polar surface area (TPSA) is 88.9 Å². The Bertz CT molecular complexity index is 840. The maximum absolute atomic E-state index is 12.2. The lowest BCUT2D eigenvalue weighted by molar-refractivity contribution is -0.114. The van der Waals surface area contributed by atoms with E-state index in [1.807, 2.05) is 6.07 Å². The molecule has 0 fully saturated rings. The van der Waals surface area contributed by atoms with Crippen LogP contribution < -0.4 is 10.6 Å². The quantitative estimate of drug-likeness (QED) is 0.772. The minimum atomic E-state index is -0.252. The molecule has 3 rings (SSSR count). The minimum Gasteiger partial charge on any atom is -0.326 e. The van der Waals surface area contributed by atoms with E-state index in [1.54, 1.807) is 59.7 Å². The normalized spacial score (nSPS) is 10.2. The summed E-state index contributed by atoms with van der Waals surface area (Å²) in [6, 6.07) is 12.0. The predicted octanol–water partition coefficient (Wildman–Crippen LogP) is 2.48. The van der Waals surface area contributed by atoms with Gasteiger partial charge in [0.15, 0.2) is 5.82 Å². The summed E-state index contributed by atoms with van der Waals surface area (Å²) in [4.78, 5) is 27.5. The van der Waals surface area contributed by atoms with Gasteiger partial charge in [-0.25, -0.2) is 9.67 Å². The van der Waals surface area contributed by atoms with Crippen molar-refractivity contribution in [2.75, 3.05) is 10.6 Å². The zero-order valence-corrected chi connectivity index (χ0v) is 12.9. The fourth-order valence-corrected chi connectivity index (χ4v) is 2.11. The number of amides is 2. The van der Waals surface area contributed by atoms with Crippen LogP contribution in [0.3, 0.4) is 0 Å². The number of carbonyl (C=O) groups is 2. The highest BCUT2D eigenvalue weighted by atomic mass is 16.2. The van der Waals surface area contributed by atoms with Gasteiger partial charge < -0.3 is 10.6 Å². The number of hydrogen-bond donors (Lipinski definition) is 2. The van der Waals surface area contributed by atoms with E-state index in [0.29, 0.717) is 22.8 Å². The Morgan fingerprint density at radius 2 is 1.75 bits per heavy atom. The average Bonchev–Trinajstić information content (AvgIpc) is 3.10. The molecule has 0 saturated heterocycles. The Morgan fingerprint density at radius 3 is 2.33 bits per heavy atom. The molecule has 7 nitrogen and oxygen atoms in total. The molecule has 2 heterocycles. The predicted molar refractivity (Wildman–Crippen MR) is 90.1 cm³/mol. The molecule has 0 atom stereocenters. The number of nitrogens with one attached hydrogen (secondary N) is 2. The second-order valence-electron chi connectivity index (χ2n) is 5.07. The third-order valence-corrected chi connectivity index (χ3v) is 3.21. The van der Waals surface area contributed by atoms with E-state index in [4.69, 9.17) is 0 Å². The van der Waals surface area contributed by atoms with Crippen molar-refractivity contribution in [2.24, 2.45) is 0 Å². The third-order valence-electron chi connectivity index (χ3n) is 3.21. The minimum absolute atomic E-state index is 0.157. The lowest BCUT2D eigenvalue weighted by Gasteiger charge is -2.07. The summed E-state index contributed by atoms with van der Waals surface area (Å²) >= 11 is 0. The first-order valence-electron chi connectivity index (χ1n) is 7.27. The van der Waals surface area contributed by atoms with Gasteiger partial charge >= 0.3 is 0 Å². The second-order valence-corrected chi connectivity index (χ2v) is 5.07. The maximum atomic E-state index is 12.2. The Kier molecular flexibility index (Phi) is 4.33. The molecule has 0 aliphatic rings. The van der Waals surface area contributed by atoms with Gasteiger partial charge in [-0.1, -0.05) is 0 Å². The smallest absolute Gasteiger partial charge is 0.255 e. The Morgan fingerprint density at radius 1 is 1.00 bits per heavy atom. The van der Waals surface area contributed by atoms with E-state index in [0.717, 1.165) is 0 Å². The lowest BCUT2D eigenvalue weighted by atomic mass is 10.2. The van der Waals surface area contributed by atoms with Crippen molar-refractivity contribution >= 4 is 23.2 Å². The first-order valence-corrected chi connectivity index (χ1v) is 7.27. The fraction of sp³-hybridized carbons (Fsp3) is 0.0588. The molecule has 0 spiro atoms. The molecule has 7 heteroatoms. The number of hydrogen-bond acceptors (Lipinski definition) is 4. The van der Waals surface area contributed by atoms with Gasteiger partial charge in [-0.15, -0.1) is 0 Å². The van der Waals surface area contributed by atoms with Crippen molar-refractivity contribution in [3.63, 3.8) is 0 Å². The van der Waals surface area contributed by atoms with Crippen LogP contribution in [0.2, 0.25) is 0 Å². The first kappa shape index (κ1) is 15.4. The van der Waals surface area contributed by atoms with Crippen LogP contribution in [0.25, 0.3) is 5.82 Å². The zero-order valence-electron chi connectivity index (χ0n) is 12.9. The third kappa shape index (κ3) is 3.64. The van der Waals surface area contributed by atoms with Gasteiger partial charge in [-0.05, 0) is 42.5 Å². The van der Waals surface area contributed by atoms with Crippen LogP contribution in [0.4, 0.5) is 11.4 Å². The highest BCUT2D eigenvalue weighted by molar-refractivity contribution is 6.04. The molecule has 0 radical (unpaired) electrons. The standard InChI is InChI=1S/C17H15N5O2/c1-12(23)20-14-5-3-13(4-6-14)17(24)21-15-7-8-16(18-11-15)22-10-2-9-19-22/h2-11H,1H3,(H,20,23)(H,21,24). The highest BCUT2D eigenvalue weighted by Crippen LogP contribution is 2.13. The number of carbonyl (C=O) groups excluding carboxylic acids is 2. The molecular formula is C17H15N5O2. The summed E-state index contributed by atoms with van der Waals surface area (Å²) < 4.78 is 1.63. The molecular weight excluding hydrogens is 306 g/mol. The van der Waals surface area contributed by atoms with Crippen molar-refractivity contribution in [2.45, 2.75) is 6.92 Å².